The molecule has 4 heterocycles. The minimum Gasteiger partial charge on any atom is -0.480 e. The van der Waals surface area contributed by atoms with Crippen molar-refractivity contribution in [1.29, 1.82) is 0 Å². The van der Waals surface area contributed by atoms with E-state index in [2.05, 4.69) is 43.0 Å². The molecule has 1 amide bonds. The van der Waals surface area contributed by atoms with Gasteiger partial charge in [-0.3, -0.25) is 4.79 Å². The summed E-state index contributed by atoms with van der Waals surface area (Å²) in [6.07, 6.45) is 7.20. The van der Waals surface area contributed by atoms with Crippen molar-refractivity contribution in [3.8, 4) is 0 Å². The molecule has 1 unspecified atom stereocenters. The highest BCUT2D eigenvalue weighted by Gasteiger charge is 2.26. The van der Waals surface area contributed by atoms with Crippen LogP contribution < -0.4 is 20.9 Å². The third-order valence-electron chi connectivity index (χ3n) is 8.00. The number of carboxylic acid groups (broad SMARTS) is 1. The third kappa shape index (κ3) is 7.11. The van der Waals surface area contributed by atoms with Gasteiger partial charge in [0.15, 0.2) is 0 Å². The number of aromatic nitrogens is 3. The second-order valence-corrected chi connectivity index (χ2v) is 10.7. The molecule has 5 rings (SSSR count). The van der Waals surface area contributed by atoms with Gasteiger partial charge in [-0.15, -0.1) is 0 Å². The summed E-state index contributed by atoms with van der Waals surface area (Å²) in [6.45, 7) is 4.77. The van der Waals surface area contributed by atoms with Crippen LogP contribution in [0, 0.1) is 0 Å². The van der Waals surface area contributed by atoms with Gasteiger partial charge in [0.1, 0.15) is 29.8 Å². The number of benzene rings is 1. The van der Waals surface area contributed by atoms with Gasteiger partial charge in [-0.25, -0.2) is 19.7 Å². The monoisotopic (exact) mass is 557 g/mol. The van der Waals surface area contributed by atoms with E-state index >= 15 is 0 Å². The maximum absolute atomic E-state index is 12.5. The van der Waals surface area contributed by atoms with Crippen LogP contribution in [0.5, 0.6) is 0 Å². The van der Waals surface area contributed by atoms with E-state index in [1.807, 2.05) is 37.3 Å². The zero-order chi connectivity index (χ0) is 28.6. The van der Waals surface area contributed by atoms with Gasteiger partial charge in [-0.2, -0.15) is 0 Å². The number of aliphatic carboxylic acids is 1. The summed E-state index contributed by atoms with van der Waals surface area (Å²) in [7, 11) is 0. The summed E-state index contributed by atoms with van der Waals surface area (Å²) < 4.78 is 0. The first-order valence-corrected chi connectivity index (χ1v) is 14.6. The van der Waals surface area contributed by atoms with Crippen LogP contribution >= 0.6 is 0 Å². The maximum atomic E-state index is 12.5. The second kappa shape index (κ2) is 13.4. The van der Waals surface area contributed by atoms with Crippen LogP contribution in [0.25, 0.3) is 0 Å². The number of nitrogens with one attached hydrogen (secondary N) is 3. The lowest BCUT2D eigenvalue weighted by molar-refractivity contribution is -0.141. The fraction of sp³-hybridized carbons (Fsp3) is 0.452. The topological polar surface area (TPSA) is 132 Å². The molecule has 1 saturated heterocycles. The van der Waals surface area contributed by atoms with E-state index in [-0.39, 0.29) is 18.9 Å². The zero-order valence-electron chi connectivity index (χ0n) is 23.6. The molecule has 4 N–H and O–H groups in total. The van der Waals surface area contributed by atoms with Crippen molar-refractivity contribution in [2.75, 3.05) is 41.7 Å². The number of rotatable bonds is 11. The zero-order valence-corrected chi connectivity index (χ0v) is 23.6. The highest BCUT2D eigenvalue weighted by molar-refractivity contribution is 5.84. The number of hydrogen-bond acceptors (Lipinski definition) is 8. The first-order chi connectivity index (χ1) is 20.0. The summed E-state index contributed by atoms with van der Waals surface area (Å²) in [4.78, 5) is 40.7. The molecule has 216 valence electrons. The van der Waals surface area contributed by atoms with Crippen LogP contribution in [0.1, 0.15) is 60.9 Å². The Morgan fingerprint density at radius 3 is 2.68 bits per heavy atom. The van der Waals surface area contributed by atoms with Gasteiger partial charge in [-0.05, 0) is 55.7 Å². The van der Waals surface area contributed by atoms with E-state index in [1.54, 1.807) is 0 Å². The summed E-state index contributed by atoms with van der Waals surface area (Å²) in [5.41, 5.74) is 4.45. The molecule has 0 saturated carbocycles. The average molecular weight is 558 g/mol. The average Bonchev–Trinajstić information content (AvgIpc) is 3.02. The minimum atomic E-state index is -1.09. The molecule has 2 aliphatic heterocycles. The second-order valence-electron chi connectivity index (χ2n) is 10.7. The molecule has 2 aromatic heterocycles. The molecule has 3 aromatic rings. The maximum Gasteiger partial charge on any atom is 0.328 e. The minimum absolute atomic E-state index is 0.0238. The molecular weight excluding hydrogens is 518 g/mol. The van der Waals surface area contributed by atoms with Crippen molar-refractivity contribution < 1.29 is 14.7 Å². The van der Waals surface area contributed by atoms with Gasteiger partial charge in [0.2, 0.25) is 5.91 Å². The van der Waals surface area contributed by atoms with E-state index in [1.165, 1.54) is 11.9 Å². The van der Waals surface area contributed by atoms with Crippen molar-refractivity contribution in [2.45, 2.75) is 63.8 Å². The Labute approximate surface area is 241 Å². The number of carbonyl (C=O) groups is 2. The number of carbonyl (C=O) groups excluding carboxylic acids is 1. The van der Waals surface area contributed by atoms with Gasteiger partial charge in [0.25, 0.3) is 0 Å². The summed E-state index contributed by atoms with van der Waals surface area (Å²) in [6, 6.07) is 13.0. The fourth-order valence-corrected chi connectivity index (χ4v) is 5.68. The summed E-state index contributed by atoms with van der Waals surface area (Å²) in [5.74, 6) is 1.55. The molecule has 1 aromatic carbocycles. The Morgan fingerprint density at radius 2 is 1.93 bits per heavy atom. The number of amides is 1. The largest absolute Gasteiger partial charge is 0.480 e. The van der Waals surface area contributed by atoms with Gasteiger partial charge in [0.05, 0.1) is 0 Å². The Morgan fingerprint density at radius 1 is 1.12 bits per heavy atom. The molecule has 1 fully saturated rings. The Bertz CT molecular complexity index is 1340. The molecule has 0 bridgehead atoms. The number of aryl methyl sites for hydroxylation is 2. The third-order valence-corrected chi connectivity index (χ3v) is 8.00. The van der Waals surface area contributed by atoms with Crippen LogP contribution in [-0.4, -0.2) is 64.2 Å². The van der Waals surface area contributed by atoms with E-state index in [0.717, 1.165) is 73.8 Å². The SMILES string of the molecule is CCc1c(NCC(NC(=O)CCc2ccccc2)C(=O)O)ncnc1N1CCC(c2ccc3c(n2)NCCC3)CC1. The molecule has 0 spiro atoms. The lowest BCUT2D eigenvalue weighted by Gasteiger charge is -2.34. The number of piperidine rings is 1. The number of fused-ring (bicyclic) bond motifs is 1. The van der Waals surface area contributed by atoms with Gasteiger partial charge < -0.3 is 26.0 Å². The number of carboxylic acids is 1. The Hall–Kier alpha value is -4.21. The smallest absolute Gasteiger partial charge is 0.328 e. The molecule has 0 aliphatic carbocycles. The first-order valence-electron chi connectivity index (χ1n) is 14.6. The highest BCUT2D eigenvalue weighted by atomic mass is 16.4. The van der Waals surface area contributed by atoms with E-state index in [0.29, 0.717) is 24.6 Å². The standard InChI is InChI=1S/C31H39N7O3/c1-2-24-29(33-19-26(31(40)41)36-27(39)13-10-21-7-4-3-5-8-21)34-20-35-30(24)38-17-14-22(15-18-38)25-12-11-23-9-6-16-32-28(23)37-25/h3-5,7-8,11-12,20,22,26H,2,6,9-10,13-19H2,1H3,(H,32,37)(H,36,39)(H,40,41)(H,33,34,35). The summed E-state index contributed by atoms with van der Waals surface area (Å²) >= 11 is 0. The molecule has 10 nitrogen and oxygen atoms in total. The quantitative estimate of drug-likeness (QED) is 0.278. The van der Waals surface area contributed by atoms with Crippen molar-refractivity contribution in [1.82, 2.24) is 20.3 Å². The number of hydrogen-bond donors (Lipinski definition) is 4. The first kappa shape index (κ1) is 28.3. The van der Waals surface area contributed by atoms with E-state index in [4.69, 9.17) is 4.98 Å². The van der Waals surface area contributed by atoms with Crippen molar-refractivity contribution in [2.24, 2.45) is 0 Å². The van der Waals surface area contributed by atoms with Crippen molar-refractivity contribution >= 4 is 29.3 Å². The normalized spacial score (nSPS) is 15.9. The summed E-state index contributed by atoms with van der Waals surface area (Å²) in [5, 5.41) is 19.0. The molecule has 0 radical (unpaired) electrons. The predicted molar refractivity (Wildman–Crippen MR) is 159 cm³/mol. The number of pyridine rings is 1. The molecule has 41 heavy (non-hydrogen) atoms. The molecule has 1 atom stereocenters. The van der Waals surface area contributed by atoms with Crippen LogP contribution in [-0.2, 0) is 28.9 Å². The molecular formula is C31H39N7O3. The van der Waals surface area contributed by atoms with Gasteiger partial charge in [0, 0.05) is 49.8 Å². The van der Waals surface area contributed by atoms with Crippen molar-refractivity contribution in [3.05, 3.63) is 71.2 Å². The number of anilines is 3. The lowest BCUT2D eigenvalue weighted by Crippen LogP contribution is -2.45. The van der Waals surface area contributed by atoms with Gasteiger partial charge in [-0.1, -0.05) is 43.3 Å². The molecule has 10 heteroatoms. The van der Waals surface area contributed by atoms with Crippen molar-refractivity contribution in [3.63, 3.8) is 0 Å². The predicted octanol–water partition coefficient (Wildman–Crippen LogP) is 3.79. The Balaban J connectivity index is 1.18. The Kier molecular flexibility index (Phi) is 9.28. The van der Waals surface area contributed by atoms with Gasteiger partial charge >= 0.3 is 5.97 Å². The molecule has 2 aliphatic rings. The van der Waals surface area contributed by atoms with E-state index < -0.39 is 12.0 Å². The lowest BCUT2D eigenvalue weighted by atomic mass is 9.92. The highest BCUT2D eigenvalue weighted by Crippen LogP contribution is 2.33. The van der Waals surface area contributed by atoms with Crippen LogP contribution in [0.4, 0.5) is 17.5 Å². The fourth-order valence-electron chi connectivity index (χ4n) is 5.68. The van der Waals surface area contributed by atoms with E-state index in [9.17, 15) is 14.7 Å². The number of nitrogens with zero attached hydrogens (tertiary/aromatic N) is 4. The van der Waals surface area contributed by atoms with Crippen LogP contribution in [0.2, 0.25) is 0 Å². The van der Waals surface area contributed by atoms with Crippen LogP contribution in [0.3, 0.4) is 0 Å². The van der Waals surface area contributed by atoms with Crippen LogP contribution in [0.15, 0.2) is 48.8 Å².